The molecule has 0 radical (unpaired) electrons. The Balaban J connectivity index is 1.43. The Morgan fingerprint density at radius 3 is 2.37 bits per heavy atom. The quantitative estimate of drug-likeness (QED) is 0.679. The predicted octanol–water partition coefficient (Wildman–Crippen LogP) is 2.34. The van der Waals surface area contributed by atoms with Crippen LogP contribution < -0.4 is 14.5 Å². The van der Waals surface area contributed by atoms with Crippen molar-refractivity contribution in [2.45, 2.75) is 13.8 Å². The van der Waals surface area contributed by atoms with E-state index in [1.165, 1.54) is 0 Å². The molecule has 0 bridgehead atoms. The van der Waals surface area contributed by atoms with E-state index in [1.54, 1.807) is 30.7 Å². The summed E-state index contributed by atoms with van der Waals surface area (Å²) in [6.07, 6.45) is 1.72. The molecule has 27 heavy (non-hydrogen) atoms. The Morgan fingerprint density at radius 2 is 1.74 bits per heavy atom. The van der Waals surface area contributed by atoms with Crippen molar-refractivity contribution < 1.29 is 4.74 Å². The second-order valence-corrected chi connectivity index (χ2v) is 7.50. The van der Waals surface area contributed by atoms with Crippen LogP contribution in [0.2, 0.25) is 0 Å². The summed E-state index contributed by atoms with van der Waals surface area (Å²) in [5, 5.41) is 9.91. The number of hydrogen-bond acceptors (Lipinski definition) is 9. The van der Waals surface area contributed by atoms with Crippen LogP contribution in [0.4, 0.5) is 11.8 Å². The molecule has 0 saturated carbocycles. The molecular weight excluding hydrogens is 362 g/mol. The van der Waals surface area contributed by atoms with Gasteiger partial charge < -0.3 is 14.5 Å². The van der Waals surface area contributed by atoms with Gasteiger partial charge in [0.15, 0.2) is 5.82 Å². The fraction of sp³-hybridized carbons (Fsp3) is 0.389. The van der Waals surface area contributed by atoms with Gasteiger partial charge in [-0.25, -0.2) is 9.97 Å². The number of ether oxygens (including phenoxy) is 1. The topological polar surface area (TPSA) is 80.2 Å². The summed E-state index contributed by atoms with van der Waals surface area (Å²) < 4.78 is 5.18. The van der Waals surface area contributed by atoms with Crippen LogP contribution in [0.3, 0.4) is 0 Å². The molecule has 1 aliphatic heterocycles. The van der Waals surface area contributed by atoms with Gasteiger partial charge >= 0.3 is 0 Å². The largest absolute Gasteiger partial charge is 0.481 e. The second kappa shape index (κ2) is 7.43. The average molecular weight is 383 g/mol. The van der Waals surface area contributed by atoms with E-state index in [-0.39, 0.29) is 0 Å². The van der Waals surface area contributed by atoms with Gasteiger partial charge in [-0.15, -0.1) is 21.5 Å². The first-order valence-electron chi connectivity index (χ1n) is 8.79. The highest BCUT2D eigenvalue weighted by Crippen LogP contribution is 2.28. The molecule has 0 aliphatic carbocycles. The van der Waals surface area contributed by atoms with E-state index in [9.17, 15) is 0 Å². The van der Waals surface area contributed by atoms with Gasteiger partial charge in [0.1, 0.15) is 5.69 Å². The van der Waals surface area contributed by atoms with Crippen molar-refractivity contribution in [3.05, 3.63) is 35.1 Å². The van der Waals surface area contributed by atoms with E-state index in [4.69, 9.17) is 4.74 Å². The number of aromatic nitrogens is 5. The minimum Gasteiger partial charge on any atom is -0.481 e. The van der Waals surface area contributed by atoms with Crippen LogP contribution in [0.15, 0.2) is 24.4 Å². The first-order chi connectivity index (χ1) is 13.1. The average Bonchev–Trinajstić information content (AvgIpc) is 3.06. The number of hydrogen-bond donors (Lipinski definition) is 0. The number of nitrogens with zero attached hydrogens (tertiary/aromatic N) is 7. The molecule has 0 aromatic carbocycles. The molecular formula is C18H21N7OS. The summed E-state index contributed by atoms with van der Waals surface area (Å²) in [4.78, 5) is 18.7. The van der Waals surface area contributed by atoms with Gasteiger partial charge in [-0.3, -0.25) is 0 Å². The van der Waals surface area contributed by atoms with Crippen molar-refractivity contribution in [2.75, 3.05) is 43.1 Å². The fourth-order valence-corrected chi connectivity index (χ4v) is 4.00. The Morgan fingerprint density at radius 1 is 0.963 bits per heavy atom. The van der Waals surface area contributed by atoms with Crippen molar-refractivity contribution in [2.24, 2.45) is 0 Å². The lowest BCUT2D eigenvalue weighted by molar-refractivity contribution is 0.396. The molecule has 4 rings (SSSR count). The smallest absolute Gasteiger partial charge is 0.228 e. The molecule has 9 heteroatoms. The number of anilines is 2. The molecule has 140 valence electrons. The van der Waals surface area contributed by atoms with Crippen molar-refractivity contribution >= 4 is 23.1 Å². The monoisotopic (exact) mass is 383 g/mol. The van der Waals surface area contributed by atoms with Crippen LogP contribution in [-0.4, -0.2) is 58.4 Å². The molecule has 0 atom stereocenters. The Bertz CT molecular complexity index is 920. The van der Waals surface area contributed by atoms with Gasteiger partial charge in [-0.2, -0.15) is 4.98 Å². The molecule has 1 aliphatic rings. The van der Waals surface area contributed by atoms with Crippen LogP contribution in [-0.2, 0) is 0 Å². The van der Waals surface area contributed by atoms with E-state index in [1.807, 2.05) is 26.0 Å². The van der Waals surface area contributed by atoms with Crippen molar-refractivity contribution in [1.82, 2.24) is 25.1 Å². The predicted molar refractivity (Wildman–Crippen MR) is 106 cm³/mol. The van der Waals surface area contributed by atoms with E-state index >= 15 is 0 Å². The van der Waals surface area contributed by atoms with E-state index in [0.717, 1.165) is 53.3 Å². The molecule has 0 spiro atoms. The number of rotatable bonds is 4. The lowest BCUT2D eigenvalue weighted by atomic mass is 10.2. The van der Waals surface area contributed by atoms with Gasteiger partial charge in [-0.05, 0) is 26.0 Å². The third-order valence-corrected chi connectivity index (χ3v) is 5.59. The SMILES string of the molecule is COc1ccnc(N2CCN(c3ccc(-c4sc(C)nc4C)nn3)CC2)n1. The standard InChI is InChI=1S/C18H21N7OS/c1-12-17(27-13(2)20-12)14-4-5-15(23-22-14)24-8-10-25(11-9-24)18-19-7-6-16(21-18)26-3/h4-7H,8-11H2,1-3H3. The first-order valence-corrected chi connectivity index (χ1v) is 9.61. The highest BCUT2D eigenvalue weighted by atomic mass is 32.1. The number of piperazine rings is 1. The summed E-state index contributed by atoms with van der Waals surface area (Å²) in [5.41, 5.74) is 1.89. The minimum atomic E-state index is 0.581. The molecule has 3 aromatic rings. The maximum Gasteiger partial charge on any atom is 0.228 e. The minimum absolute atomic E-state index is 0.581. The molecule has 8 nitrogen and oxygen atoms in total. The van der Waals surface area contributed by atoms with Gasteiger partial charge in [-0.1, -0.05) is 0 Å². The van der Waals surface area contributed by atoms with Crippen molar-refractivity contribution in [3.8, 4) is 16.5 Å². The lowest BCUT2D eigenvalue weighted by Crippen LogP contribution is -2.47. The number of aryl methyl sites for hydroxylation is 2. The van der Waals surface area contributed by atoms with Crippen LogP contribution >= 0.6 is 11.3 Å². The van der Waals surface area contributed by atoms with E-state index in [2.05, 4.69) is 34.9 Å². The van der Waals surface area contributed by atoms with Gasteiger partial charge in [0.2, 0.25) is 11.8 Å². The summed E-state index contributed by atoms with van der Waals surface area (Å²) >= 11 is 1.65. The third-order valence-electron chi connectivity index (χ3n) is 4.50. The maximum atomic E-state index is 5.18. The molecule has 0 unspecified atom stereocenters. The van der Waals surface area contributed by atoms with Crippen molar-refractivity contribution in [3.63, 3.8) is 0 Å². The van der Waals surface area contributed by atoms with E-state index in [0.29, 0.717) is 11.8 Å². The third kappa shape index (κ3) is 3.68. The first kappa shape index (κ1) is 17.6. The van der Waals surface area contributed by atoms with Gasteiger partial charge in [0.05, 0.1) is 22.7 Å². The molecule has 1 fully saturated rings. The second-order valence-electron chi connectivity index (χ2n) is 6.30. The zero-order valence-corrected chi connectivity index (χ0v) is 16.4. The highest BCUT2D eigenvalue weighted by Gasteiger charge is 2.21. The van der Waals surface area contributed by atoms with E-state index < -0.39 is 0 Å². The molecule has 0 N–H and O–H groups in total. The number of methoxy groups -OCH3 is 1. The molecule has 3 aromatic heterocycles. The van der Waals surface area contributed by atoms with Gasteiger partial charge in [0.25, 0.3) is 0 Å². The van der Waals surface area contributed by atoms with Crippen LogP contribution in [0.1, 0.15) is 10.7 Å². The zero-order chi connectivity index (χ0) is 18.8. The van der Waals surface area contributed by atoms with Crippen molar-refractivity contribution in [1.29, 1.82) is 0 Å². The van der Waals surface area contributed by atoms with Gasteiger partial charge in [0, 0.05) is 38.4 Å². The van der Waals surface area contributed by atoms with Crippen LogP contribution in [0, 0.1) is 13.8 Å². The highest BCUT2D eigenvalue weighted by molar-refractivity contribution is 7.15. The molecule has 0 amide bonds. The zero-order valence-electron chi connectivity index (χ0n) is 15.6. The Labute approximate surface area is 161 Å². The normalized spacial score (nSPS) is 14.5. The number of thiazole rings is 1. The summed E-state index contributed by atoms with van der Waals surface area (Å²) in [6.45, 7) is 7.34. The fourth-order valence-electron chi connectivity index (χ4n) is 3.12. The summed E-state index contributed by atoms with van der Waals surface area (Å²) in [6, 6.07) is 5.82. The lowest BCUT2D eigenvalue weighted by Gasteiger charge is -2.35. The Kier molecular flexibility index (Phi) is 4.85. The van der Waals surface area contributed by atoms with Crippen LogP contribution in [0.5, 0.6) is 5.88 Å². The molecule has 4 heterocycles. The maximum absolute atomic E-state index is 5.18. The Hall–Kier alpha value is -2.81. The summed E-state index contributed by atoms with van der Waals surface area (Å²) in [7, 11) is 1.61. The molecule has 1 saturated heterocycles. The van der Waals surface area contributed by atoms with Crippen LogP contribution in [0.25, 0.3) is 10.6 Å². The summed E-state index contributed by atoms with van der Waals surface area (Å²) in [5.74, 6) is 2.17.